The first-order valence-corrected chi connectivity index (χ1v) is 8.42. The monoisotopic (exact) mass is 383 g/mol. The van der Waals surface area contributed by atoms with Crippen molar-refractivity contribution in [2.45, 2.75) is 26.1 Å². The van der Waals surface area contributed by atoms with Gasteiger partial charge in [-0.15, -0.1) is 0 Å². The van der Waals surface area contributed by atoms with Crippen LogP contribution in [0, 0.1) is 0 Å². The maximum Gasteiger partial charge on any atom is 0.390 e. The third-order valence-corrected chi connectivity index (χ3v) is 3.73. The summed E-state index contributed by atoms with van der Waals surface area (Å²) in [7, 11) is 0. The van der Waals surface area contributed by atoms with Crippen LogP contribution >= 0.6 is 0 Å². The molecule has 1 aromatic carbocycles. The smallest absolute Gasteiger partial charge is 0.390 e. The zero-order valence-electron chi connectivity index (χ0n) is 14.8. The average Bonchev–Trinajstić information content (AvgIpc) is 2.63. The van der Waals surface area contributed by atoms with Gasteiger partial charge in [-0.3, -0.25) is 9.59 Å². The lowest BCUT2D eigenvalue weighted by atomic mass is 10.3. The minimum atomic E-state index is -4.35. The zero-order valence-corrected chi connectivity index (χ0v) is 14.8. The highest BCUT2D eigenvalue weighted by Gasteiger charge is 2.29. The Bertz CT molecular complexity index is 807. The molecule has 0 bridgehead atoms. The van der Waals surface area contributed by atoms with Crippen molar-refractivity contribution in [2.24, 2.45) is 0 Å². The summed E-state index contributed by atoms with van der Waals surface area (Å²) in [5.41, 5.74) is -0.514. The molecule has 6 nitrogen and oxygen atoms in total. The minimum absolute atomic E-state index is 0.0849. The Hall–Kier alpha value is -2.84. The van der Waals surface area contributed by atoms with Crippen molar-refractivity contribution in [3.05, 3.63) is 58.5 Å². The molecule has 27 heavy (non-hydrogen) atoms. The van der Waals surface area contributed by atoms with Crippen LogP contribution in [0.4, 0.5) is 13.2 Å². The highest BCUT2D eigenvalue weighted by Crippen LogP contribution is 2.20. The Kier molecular flexibility index (Phi) is 6.98. The van der Waals surface area contributed by atoms with Crippen LogP contribution in [0.5, 0.6) is 5.75 Å². The van der Waals surface area contributed by atoms with Crippen LogP contribution < -0.4 is 10.3 Å². The summed E-state index contributed by atoms with van der Waals surface area (Å²) in [4.78, 5) is 25.4. The number of hydrogen-bond donors (Lipinski definition) is 0. The molecular formula is C18H20F3N3O3. The second kappa shape index (κ2) is 9.20. The van der Waals surface area contributed by atoms with Gasteiger partial charge >= 0.3 is 6.18 Å². The van der Waals surface area contributed by atoms with Gasteiger partial charge in [0.25, 0.3) is 11.5 Å². The molecule has 0 radical (unpaired) electrons. The van der Waals surface area contributed by atoms with Crippen molar-refractivity contribution in [3.63, 3.8) is 0 Å². The summed E-state index contributed by atoms with van der Waals surface area (Å²) in [6.07, 6.45) is -5.45. The van der Waals surface area contributed by atoms with Gasteiger partial charge in [0.15, 0.2) is 0 Å². The lowest BCUT2D eigenvalue weighted by molar-refractivity contribution is -0.136. The van der Waals surface area contributed by atoms with E-state index in [0.29, 0.717) is 5.75 Å². The van der Waals surface area contributed by atoms with E-state index < -0.39 is 30.6 Å². The molecule has 0 aliphatic carbocycles. The second-order valence-electron chi connectivity index (χ2n) is 5.69. The van der Waals surface area contributed by atoms with Gasteiger partial charge in [0.1, 0.15) is 18.1 Å². The molecule has 2 aromatic rings. The van der Waals surface area contributed by atoms with Crippen LogP contribution in [-0.2, 0) is 6.54 Å². The molecule has 0 saturated heterocycles. The molecule has 1 heterocycles. The van der Waals surface area contributed by atoms with E-state index in [4.69, 9.17) is 4.74 Å². The molecule has 0 saturated carbocycles. The molecule has 2 rings (SSSR count). The fraction of sp³-hybridized carbons (Fsp3) is 0.389. The lowest BCUT2D eigenvalue weighted by Crippen LogP contribution is -2.36. The first-order chi connectivity index (χ1) is 12.8. The quantitative estimate of drug-likeness (QED) is 0.703. The summed E-state index contributed by atoms with van der Waals surface area (Å²) in [5.74, 6) is -0.0263. The molecule has 0 fully saturated rings. The number of aromatic nitrogens is 2. The number of para-hydroxylation sites is 1. The number of alkyl halides is 3. The first-order valence-electron chi connectivity index (χ1n) is 8.42. The van der Waals surface area contributed by atoms with E-state index >= 15 is 0 Å². The second-order valence-corrected chi connectivity index (χ2v) is 5.69. The Morgan fingerprint density at radius 3 is 2.52 bits per heavy atom. The van der Waals surface area contributed by atoms with Crippen LogP contribution in [0.15, 0.2) is 47.3 Å². The summed E-state index contributed by atoms with van der Waals surface area (Å²) in [5, 5.41) is 3.97. The predicted octanol–water partition coefficient (Wildman–Crippen LogP) is 2.74. The molecule has 0 aliphatic heterocycles. The van der Waals surface area contributed by atoms with Crippen LogP contribution in [0.1, 0.15) is 23.8 Å². The van der Waals surface area contributed by atoms with Gasteiger partial charge in [-0.05, 0) is 25.1 Å². The Morgan fingerprint density at radius 2 is 1.89 bits per heavy atom. The Labute approximate surface area is 154 Å². The molecule has 9 heteroatoms. The maximum atomic E-state index is 12.4. The number of rotatable bonds is 8. The standard InChI is InChI=1S/C18H20F3N3O3/c1-2-23(11-10-18(19,20)21)17(26)15-8-9-16(25)24(22-15)12-13-27-14-6-4-3-5-7-14/h3-9H,2,10-13H2,1H3. The molecule has 0 unspecified atom stereocenters. The number of nitrogens with zero attached hydrogens (tertiary/aromatic N) is 3. The summed E-state index contributed by atoms with van der Waals surface area (Å²) >= 11 is 0. The van der Waals surface area contributed by atoms with E-state index in [-0.39, 0.29) is 25.4 Å². The molecule has 0 aliphatic rings. The first kappa shape index (κ1) is 20.5. The lowest BCUT2D eigenvalue weighted by Gasteiger charge is -2.21. The van der Waals surface area contributed by atoms with Crippen molar-refractivity contribution in [1.29, 1.82) is 0 Å². The number of ether oxygens (including phenoxy) is 1. The van der Waals surface area contributed by atoms with E-state index in [9.17, 15) is 22.8 Å². The molecule has 146 valence electrons. The van der Waals surface area contributed by atoms with E-state index in [1.807, 2.05) is 6.07 Å². The molecule has 0 N–H and O–H groups in total. The average molecular weight is 383 g/mol. The summed E-state index contributed by atoms with van der Waals surface area (Å²) < 4.78 is 43.8. The third kappa shape index (κ3) is 6.43. The zero-order chi connectivity index (χ0) is 19.9. The van der Waals surface area contributed by atoms with Crippen molar-refractivity contribution in [1.82, 2.24) is 14.7 Å². The normalized spacial score (nSPS) is 11.3. The number of hydrogen-bond acceptors (Lipinski definition) is 4. The van der Waals surface area contributed by atoms with E-state index in [1.165, 1.54) is 12.1 Å². The molecule has 1 aromatic heterocycles. The largest absolute Gasteiger partial charge is 0.492 e. The van der Waals surface area contributed by atoms with Crippen LogP contribution in [0.2, 0.25) is 0 Å². The van der Waals surface area contributed by atoms with E-state index in [0.717, 1.165) is 9.58 Å². The van der Waals surface area contributed by atoms with Gasteiger partial charge in [-0.2, -0.15) is 18.3 Å². The molecule has 0 spiro atoms. The van der Waals surface area contributed by atoms with Gasteiger partial charge < -0.3 is 9.64 Å². The number of carbonyl (C=O) groups is 1. The number of benzene rings is 1. The molecule has 1 amide bonds. The van der Waals surface area contributed by atoms with Gasteiger partial charge in [-0.25, -0.2) is 4.68 Å². The summed E-state index contributed by atoms with van der Waals surface area (Å²) in [6.45, 7) is 1.48. The van der Waals surface area contributed by atoms with Gasteiger partial charge in [-0.1, -0.05) is 18.2 Å². The van der Waals surface area contributed by atoms with Crippen molar-refractivity contribution in [2.75, 3.05) is 19.7 Å². The van der Waals surface area contributed by atoms with Crippen LogP contribution in [0.3, 0.4) is 0 Å². The van der Waals surface area contributed by atoms with Gasteiger partial charge in [0.05, 0.1) is 13.0 Å². The highest BCUT2D eigenvalue weighted by molar-refractivity contribution is 5.92. The van der Waals surface area contributed by atoms with E-state index in [1.54, 1.807) is 31.2 Å². The fourth-order valence-corrected chi connectivity index (χ4v) is 2.32. The van der Waals surface area contributed by atoms with Crippen LogP contribution in [-0.4, -0.2) is 46.5 Å². The minimum Gasteiger partial charge on any atom is -0.492 e. The Morgan fingerprint density at radius 1 is 1.19 bits per heavy atom. The molecule has 0 atom stereocenters. The number of halogens is 3. The topological polar surface area (TPSA) is 64.4 Å². The molecular weight excluding hydrogens is 363 g/mol. The highest BCUT2D eigenvalue weighted by atomic mass is 19.4. The van der Waals surface area contributed by atoms with E-state index in [2.05, 4.69) is 5.10 Å². The van der Waals surface area contributed by atoms with Crippen molar-refractivity contribution in [3.8, 4) is 5.75 Å². The van der Waals surface area contributed by atoms with Crippen LogP contribution in [0.25, 0.3) is 0 Å². The number of amides is 1. The maximum absolute atomic E-state index is 12.4. The Balaban J connectivity index is 2.03. The van der Waals surface area contributed by atoms with Gasteiger partial charge in [0.2, 0.25) is 0 Å². The fourth-order valence-electron chi connectivity index (χ4n) is 2.32. The van der Waals surface area contributed by atoms with Crippen molar-refractivity contribution >= 4 is 5.91 Å². The SMILES string of the molecule is CCN(CCC(F)(F)F)C(=O)c1ccc(=O)n(CCOc2ccccc2)n1. The third-order valence-electron chi connectivity index (χ3n) is 3.73. The van der Waals surface area contributed by atoms with Crippen molar-refractivity contribution < 1.29 is 22.7 Å². The number of carbonyl (C=O) groups excluding carboxylic acids is 1. The summed E-state index contributed by atoms with van der Waals surface area (Å²) in [6, 6.07) is 11.4. The van der Waals surface area contributed by atoms with Gasteiger partial charge in [0, 0.05) is 19.2 Å². The predicted molar refractivity (Wildman–Crippen MR) is 92.7 cm³/mol.